The number of alkyl halides is 3. The summed E-state index contributed by atoms with van der Waals surface area (Å²) in [7, 11) is 0. The van der Waals surface area contributed by atoms with Crippen LogP contribution in [0.25, 0.3) is 0 Å². The first-order chi connectivity index (χ1) is 8.97. The number of phenolic OH excluding ortho intramolecular Hbond substituents is 1. The molecule has 1 aromatic carbocycles. The summed E-state index contributed by atoms with van der Waals surface area (Å²) in [5, 5.41) is 12.5. The van der Waals surface area contributed by atoms with Gasteiger partial charge in [0.15, 0.2) is 0 Å². The molecule has 0 aromatic heterocycles. The molecule has 0 bridgehead atoms. The van der Waals surface area contributed by atoms with E-state index in [4.69, 9.17) is 0 Å². The van der Waals surface area contributed by atoms with Gasteiger partial charge in [-0.25, -0.2) is 0 Å². The van der Waals surface area contributed by atoms with Gasteiger partial charge in [0.05, 0.1) is 5.56 Å². The number of phenols is 1. The molecule has 1 fully saturated rings. The van der Waals surface area contributed by atoms with Crippen molar-refractivity contribution in [2.24, 2.45) is 0 Å². The van der Waals surface area contributed by atoms with Gasteiger partial charge in [0.25, 0.3) is 0 Å². The van der Waals surface area contributed by atoms with Crippen LogP contribution < -0.4 is 5.32 Å². The quantitative estimate of drug-likeness (QED) is 0.883. The number of halogens is 3. The Morgan fingerprint density at radius 2 is 1.89 bits per heavy atom. The molecule has 0 amide bonds. The van der Waals surface area contributed by atoms with E-state index in [-0.39, 0.29) is 0 Å². The first-order valence-electron chi connectivity index (χ1n) is 6.29. The van der Waals surface area contributed by atoms with Crippen molar-refractivity contribution in [2.45, 2.75) is 12.6 Å². The SMILES string of the molecule is Oc1ccc(CCN2CCNCC2)cc1C(F)(F)F. The summed E-state index contributed by atoms with van der Waals surface area (Å²) < 4.78 is 37.9. The lowest BCUT2D eigenvalue weighted by Gasteiger charge is -2.27. The zero-order valence-electron chi connectivity index (χ0n) is 10.5. The third-order valence-corrected chi connectivity index (χ3v) is 3.29. The smallest absolute Gasteiger partial charge is 0.419 e. The maximum atomic E-state index is 12.6. The van der Waals surface area contributed by atoms with Gasteiger partial charge >= 0.3 is 6.18 Å². The number of nitrogens with one attached hydrogen (secondary N) is 1. The highest BCUT2D eigenvalue weighted by molar-refractivity contribution is 5.38. The lowest BCUT2D eigenvalue weighted by Crippen LogP contribution is -2.44. The lowest BCUT2D eigenvalue weighted by atomic mass is 10.1. The van der Waals surface area contributed by atoms with Crippen LogP contribution in [0.4, 0.5) is 13.2 Å². The Balaban J connectivity index is 2.00. The number of aromatic hydroxyl groups is 1. The molecule has 0 aliphatic carbocycles. The maximum absolute atomic E-state index is 12.6. The van der Waals surface area contributed by atoms with E-state index in [1.54, 1.807) is 6.07 Å². The van der Waals surface area contributed by atoms with E-state index in [2.05, 4.69) is 10.2 Å². The van der Waals surface area contributed by atoms with Gasteiger partial charge in [-0.2, -0.15) is 13.2 Å². The van der Waals surface area contributed by atoms with E-state index in [1.807, 2.05) is 0 Å². The van der Waals surface area contributed by atoms with Crippen LogP contribution in [0.5, 0.6) is 5.75 Å². The molecule has 106 valence electrons. The van der Waals surface area contributed by atoms with Crippen LogP contribution in [-0.2, 0) is 12.6 Å². The Hall–Kier alpha value is -1.27. The van der Waals surface area contributed by atoms with E-state index in [9.17, 15) is 18.3 Å². The van der Waals surface area contributed by atoms with Crippen molar-refractivity contribution in [1.29, 1.82) is 0 Å². The third-order valence-electron chi connectivity index (χ3n) is 3.29. The van der Waals surface area contributed by atoms with Gasteiger partial charge in [0, 0.05) is 32.7 Å². The normalized spacial score (nSPS) is 17.6. The fraction of sp³-hybridized carbons (Fsp3) is 0.538. The molecule has 2 rings (SSSR count). The molecule has 0 unspecified atom stereocenters. The van der Waals surface area contributed by atoms with Crippen molar-refractivity contribution < 1.29 is 18.3 Å². The van der Waals surface area contributed by atoms with Crippen LogP contribution >= 0.6 is 0 Å². The summed E-state index contributed by atoms with van der Waals surface area (Å²) in [5.74, 6) is -0.710. The standard InChI is InChI=1S/C13H17F3N2O/c14-13(15,16)11-9-10(1-2-12(11)19)3-6-18-7-4-17-5-8-18/h1-2,9,17,19H,3-8H2. The second kappa shape index (κ2) is 5.79. The Bertz CT molecular complexity index is 428. The Morgan fingerprint density at radius 1 is 1.21 bits per heavy atom. The molecule has 1 aromatic rings. The summed E-state index contributed by atoms with van der Waals surface area (Å²) in [6, 6.07) is 3.71. The molecular weight excluding hydrogens is 257 g/mol. The van der Waals surface area contributed by atoms with E-state index < -0.39 is 17.5 Å². The second-order valence-corrected chi connectivity index (χ2v) is 4.69. The molecule has 1 aliphatic rings. The molecule has 0 spiro atoms. The third kappa shape index (κ3) is 3.84. The molecule has 3 nitrogen and oxygen atoms in total. The number of nitrogens with zero attached hydrogens (tertiary/aromatic N) is 1. The van der Waals surface area contributed by atoms with Crippen molar-refractivity contribution in [3.05, 3.63) is 29.3 Å². The van der Waals surface area contributed by atoms with E-state index in [0.717, 1.165) is 44.9 Å². The van der Waals surface area contributed by atoms with E-state index in [0.29, 0.717) is 12.0 Å². The van der Waals surface area contributed by atoms with Crippen molar-refractivity contribution in [2.75, 3.05) is 32.7 Å². The molecule has 1 saturated heterocycles. The number of hydrogen-bond donors (Lipinski definition) is 2. The van der Waals surface area contributed by atoms with Crippen LogP contribution in [-0.4, -0.2) is 42.7 Å². The largest absolute Gasteiger partial charge is 0.507 e. The number of hydrogen-bond acceptors (Lipinski definition) is 3. The summed E-state index contributed by atoms with van der Waals surface area (Å²) in [5.41, 5.74) is -0.353. The highest BCUT2D eigenvalue weighted by Gasteiger charge is 2.33. The average Bonchev–Trinajstić information content (AvgIpc) is 2.37. The summed E-state index contributed by atoms with van der Waals surface area (Å²) in [6.07, 6.45) is -3.95. The molecular formula is C13H17F3N2O. The van der Waals surface area contributed by atoms with Crippen molar-refractivity contribution in [1.82, 2.24) is 10.2 Å². The molecule has 0 atom stereocenters. The fourth-order valence-electron chi connectivity index (χ4n) is 2.19. The predicted octanol–water partition coefficient (Wildman–Crippen LogP) is 1.86. The van der Waals surface area contributed by atoms with Gasteiger partial charge in [-0.05, 0) is 24.1 Å². The molecule has 1 aliphatic heterocycles. The highest BCUT2D eigenvalue weighted by Crippen LogP contribution is 2.36. The minimum absolute atomic E-state index is 0.559. The molecule has 6 heteroatoms. The minimum atomic E-state index is -4.50. The number of rotatable bonds is 3. The summed E-state index contributed by atoms with van der Waals surface area (Å²) in [6.45, 7) is 4.42. The number of piperazine rings is 1. The molecule has 2 N–H and O–H groups in total. The maximum Gasteiger partial charge on any atom is 0.419 e. The first-order valence-corrected chi connectivity index (χ1v) is 6.29. The number of benzene rings is 1. The summed E-state index contributed by atoms with van der Waals surface area (Å²) >= 11 is 0. The van der Waals surface area contributed by atoms with Gasteiger partial charge < -0.3 is 15.3 Å². The van der Waals surface area contributed by atoms with Crippen LogP contribution in [0, 0.1) is 0 Å². The monoisotopic (exact) mass is 274 g/mol. The average molecular weight is 274 g/mol. The topological polar surface area (TPSA) is 35.5 Å². The van der Waals surface area contributed by atoms with Crippen molar-refractivity contribution >= 4 is 0 Å². The predicted molar refractivity (Wildman–Crippen MR) is 66.1 cm³/mol. The van der Waals surface area contributed by atoms with E-state index in [1.165, 1.54) is 0 Å². The Morgan fingerprint density at radius 3 is 2.53 bits per heavy atom. The van der Waals surface area contributed by atoms with Gasteiger partial charge in [-0.3, -0.25) is 0 Å². The van der Waals surface area contributed by atoms with Gasteiger partial charge in [-0.1, -0.05) is 6.07 Å². The van der Waals surface area contributed by atoms with Gasteiger partial charge in [-0.15, -0.1) is 0 Å². The molecule has 0 radical (unpaired) electrons. The molecule has 1 heterocycles. The highest BCUT2D eigenvalue weighted by atomic mass is 19.4. The van der Waals surface area contributed by atoms with Crippen LogP contribution in [0.15, 0.2) is 18.2 Å². The second-order valence-electron chi connectivity index (χ2n) is 4.69. The molecule has 19 heavy (non-hydrogen) atoms. The van der Waals surface area contributed by atoms with Crippen LogP contribution in [0.3, 0.4) is 0 Å². The Labute approximate surface area is 110 Å². The van der Waals surface area contributed by atoms with Crippen LogP contribution in [0.2, 0.25) is 0 Å². The van der Waals surface area contributed by atoms with Crippen molar-refractivity contribution in [3.63, 3.8) is 0 Å². The first kappa shape index (κ1) is 14.1. The van der Waals surface area contributed by atoms with Gasteiger partial charge in [0.2, 0.25) is 0 Å². The summed E-state index contributed by atoms with van der Waals surface area (Å²) in [4.78, 5) is 2.22. The van der Waals surface area contributed by atoms with Gasteiger partial charge in [0.1, 0.15) is 5.75 Å². The van der Waals surface area contributed by atoms with E-state index >= 15 is 0 Å². The fourth-order valence-corrected chi connectivity index (χ4v) is 2.19. The van der Waals surface area contributed by atoms with Crippen LogP contribution in [0.1, 0.15) is 11.1 Å². The minimum Gasteiger partial charge on any atom is -0.507 e. The van der Waals surface area contributed by atoms with Crippen molar-refractivity contribution in [3.8, 4) is 5.75 Å². The Kier molecular flexibility index (Phi) is 4.31. The lowest BCUT2D eigenvalue weighted by molar-refractivity contribution is -0.138. The zero-order valence-corrected chi connectivity index (χ0v) is 10.5. The zero-order chi connectivity index (χ0) is 13.9. The molecule has 0 saturated carbocycles.